The molecule has 3 N–H and O–H groups in total. The second-order valence-corrected chi connectivity index (χ2v) is 5.36. The Labute approximate surface area is 116 Å². The lowest BCUT2D eigenvalue weighted by Crippen LogP contribution is -2.23. The molecule has 2 aromatic rings. The van der Waals surface area contributed by atoms with Gasteiger partial charge >= 0.3 is 0 Å². The largest absolute Gasteiger partial charge is 0.347 e. The number of carbonyl (C=O) groups is 1. The molecule has 0 spiro atoms. The summed E-state index contributed by atoms with van der Waals surface area (Å²) in [5, 5.41) is 5.39. The lowest BCUT2D eigenvalue weighted by molar-refractivity contribution is 0.0946. The molecule has 1 atom stereocenters. The van der Waals surface area contributed by atoms with Gasteiger partial charge in [-0.2, -0.15) is 0 Å². The molecule has 1 heterocycles. The summed E-state index contributed by atoms with van der Waals surface area (Å²) in [7, 11) is 0. The fraction of sp³-hybridized carbons (Fsp3) is 0.286. The number of benzene rings is 1. The summed E-state index contributed by atoms with van der Waals surface area (Å²) in [5.41, 5.74) is 8.44. The Kier molecular flexibility index (Phi) is 4.29. The number of nitrogens with one attached hydrogen (secondary N) is 1. The van der Waals surface area contributed by atoms with Gasteiger partial charge in [0, 0.05) is 11.9 Å². The maximum atomic E-state index is 12.0. The predicted octanol–water partition coefficient (Wildman–Crippen LogP) is 2.40. The van der Waals surface area contributed by atoms with E-state index in [1.807, 2.05) is 38.1 Å². The van der Waals surface area contributed by atoms with Gasteiger partial charge in [-0.1, -0.05) is 24.3 Å². The van der Waals surface area contributed by atoms with Gasteiger partial charge in [-0.3, -0.25) is 4.79 Å². The van der Waals surface area contributed by atoms with Gasteiger partial charge in [0.25, 0.3) is 5.91 Å². The molecular weight excluding hydrogens is 258 g/mol. The minimum Gasteiger partial charge on any atom is -0.347 e. The average molecular weight is 275 g/mol. The number of aryl methyl sites for hydroxylation is 1. The van der Waals surface area contributed by atoms with Crippen molar-refractivity contribution in [3.63, 3.8) is 0 Å². The van der Waals surface area contributed by atoms with Crippen LogP contribution in [-0.4, -0.2) is 10.9 Å². The minimum atomic E-state index is -0.161. The van der Waals surface area contributed by atoms with Gasteiger partial charge in [-0.15, -0.1) is 11.3 Å². The van der Waals surface area contributed by atoms with Crippen molar-refractivity contribution < 1.29 is 4.79 Å². The number of hydrogen-bond acceptors (Lipinski definition) is 4. The zero-order valence-corrected chi connectivity index (χ0v) is 11.8. The molecule has 0 aliphatic carbocycles. The smallest absolute Gasteiger partial charge is 0.271 e. The number of amides is 1. The Morgan fingerprint density at radius 2 is 2.21 bits per heavy atom. The molecule has 0 aliphatic rings. The standard InChI is InChI=1S/C14H17N3OS/c1-9-5-3-4-6-11(9)7-16-13(18)12-8-19-14(17-12)10(2)15/h3-6,8,10H,7,15H2,1-2H3,(H,16,18). The Morgan fingerprint density at radius 1 is 1.47 bits per heavy atom. The summed E-state index contributed by atoms with van der Waals surface area (Å²) in [6.45, 7) is 4.39. The molecule has 0 bridgehead atoms. The molecule has 0 aliphatic heterocycles. The van der Waals surface area contributed by atoms with Crippen LogP contribution in [0.15, 0.2) is 29.6 Å². The second kappa shape index (κ2) is 5.95. The van der Waals surface area contributed by atoms with Crippen molar-refractivity contribution >= 4 is 17.2 Å². The first-order valence-corrected chi connectivity index (χ1v) is 6.99. The molecule has 4 nitrogen and oxygen atoms in total. The van der Waals surface area contributed by atoms with Crippen LogP contribution in [0.5, 0.6) is 0 Å². The van der Waals surface area contributed by atoms with E-state index in [4.69, 9.17) is 5.73 Å². The van der Waals surface area contributed by atoms with Crippen molar-refractivity contribution in [3.8, 4) is 0 Å². The zero-order chi connectivity index (χ0) is 13.8. The van der Waals surface area contributed by atoms with E-state index in [2.05, 4.69) is 10.3 Å². The highest BCUT2D eigenvalue weighted by Gasteiger charge is 2.12. The fourth-order valence-corrected chi connectivity index (χ4v) is 2.43. The first-order chi connectivity index (χ1) is 9.08. The van der Waals surface area contributed by atoms with Crippen LogP contribution >= 0.6 is 11.3 Å². The van der Waals surface area contributed by atoms with Crippen LogP contribution in [0.4, 0.5) is 0 Å². The lowest BCUT2D eigenvalue weighted by atomic mass is 10.1. The number of nitrogens with zero attached hydrogens (tertiary/aromatic N) is 1. The molecule has 0 radical (unpaired) electrons. The van der Waals surface area contributed by atoms with Crippen molar-refractivity contribution in [1.82, 2.24) is 10.3 Å². The summed E-state index contributed by atoms with van der Waals surface area (Å²) >= 11 is 1.41. The summed E-state index contributed by atoms with van der Waals surface area (Å²) < 4.78 is 0. The number of rotatable bonds is 4. The predicted molar refractivity (Wildman–Crippen MR) is 77.1 cm³/mol. The molecule has 0 saturated heterocycles. The quantitative estimate of drug-likeness (QED) is 0.900. The molecular formula is C14H17N3OS. The van der Waals surface area contributed by atoms with Crippen LogP contribution < -0.4 is 11.1 Å². The molecule has 5 heteroatoms. The van der Waals surface area contributed by atoms with E-state index in [1.165, 1.54) is 11.3 Å². The first-order valence-electron chi connectivity index (χ1n) is 6.11. The van der Waals surface area contributed by atoms with E-state index in [0.717, 1.165) is 16.1 Å². The molecule has 0 fully saturated rings. The third-order valence-corrected chi connectivity index (χ3v) is 3.89. The van der Waals surface area contributed by atoms with E-state index in [9.17, 15) is 4.79 Å². The number of aromatic nitrogens is 1. The van der Waals surface area contributed by atoms with Crippen LogP contribution in [0.2, 0.25) is 0 Å². The maximum Gasteiger partial charge on any atom is 0.271 e. The van der Waals surface area contributed by atoms with Gasteiger partial charge in [0.1, 0.15) is 10.7 Å². The normalized spacial score (nSPS) is 12.2. The van der Waals surface area contributed by atoms with E-state index in [-0.39, 0.29) is 11.9 Å². The topological polar surface area (TPSA) is 68.0 Å². The van der Waals surface area contributed by atoms with Crippen molar-refractivity contribution in [1.29, 1.82) is 0 Å². The Hall–Kier alpha value is -1.72. The number of nitrogens with two attached hydrogens (primary N) is 1. The summed E-state index contributed by atoms with van der Waals surface area (Å²) in [5.74, 6) is -0.161. The SMILES string of the molecule is Cc1ccccc1CNC(=O)c1csc(C(C)N)n1. The van der Waals surface area contributed by atoms with Crippen LogP contribution in [-0.2, 0) is 6.54 Å². The van der Waals surface area contributed by atoms with Crippen LogP contribution in [0.3, 0.4) is 0 Å². The highest BCUT2D eigenvalue weighted by molar-refractivity contribution is 7.09. The van der Waals surface area contributed by atoms with Crippen LogP contribution in [0, 0.1) is 6.92 Å². The fourth-order valence-electron chi connectivity index (χ4n) is 1.68. The lowest BCUT2D eigenvalue weighted by Gasteiger charge is -2.06. The van der Waals surface area contributed by atoms with Crippen molar-refractivity contribution in [3.05, 3.63) is 51.5 Å². The van der Waals surface area contributed by atoms with Gasteiger partial charge in [0.15, 0.2) is 0 Å². The number of carbonyl (C=O) groups excluding carboxylic acids is 1. The van der Waals surface area contributed by atoms with Crippen molar-refractivity contribution in [2.45, 2.75) is 26.4 Å². The van der Waals surface area contributed by atoms with E-state index in [1.54, 1.807) is 5.38 Å². The molecule has 2 rings (SSSR count). The van der Waals surface area contributed by atoms with Crippen molar-refractivity contribution in [2.75, 3.05) is 0 Å². The summed E-state index contributed by atoms with van der Waals surface area (Å²) in [6, 6.07) is 7.84. The van der Waals surface area contributed by atoms with Gasteiger partial charge < -0.3 is 11.1 Å². The first kappa shape index (κ1) is 13.7. The molecule has 1 amide bonds. The second-order valence-electron chi connectivity index (χ2n) is 4.47. The highest BCUT2D eigenvalue weighted by Crippen LogP contribution is 2.16. The highest BCUT2D eigenvalue weighted by atomic mass is 32.1. The monoisotopic (exact) mass is 275 g/mol. The summed E-state index contributed by atoms with van der Waals surface area (Å²) in [6.07, 6.45) is 0. The third-order valence-electron chi connectivity index (χ3n) is 2.84. The molecule has 1 aromatic carbocycles. The maximum absolute atomic E-state index is 12.0. The molecule has 0 saturated carbocycles. The van der Waals surface area contributed by atoms with Gasteiger partial charge in [-0.05, 0) is 25.0 Å². The van der Waals surface area contributed by atoms with Crippen LogP contribution in [0.25, 0.3) is 0 Å². The van der Waals surface area contributed by atoms with E-state index in [0.29, 0.717) is 12.2 Å². The van der Waals surface area contributed by atoms with Gasteiger partial charge in [-0.25, -0.2) is 4.98 Å². The molecule has 1 aromatic heterocycles. The third kappa shape index (κ3) is 3.39. The Bertz CT molecular complexity index is 578. The molecule has 1 unspecified atom stereocenters. The van der Waals surface area contributed by atoms with Crippen LogP contribution in [0.1, 0.15) is 39.6 Å². The van der Waals surface area contributed by atoms with E-state index < -0.39 is 0 Å². The van der Waals surface area contributed by atoms with Gasteiger partial charge in [0.05, 0.1) is 6.04 Å². The average Bonchev–Trinajstić information content (AvgIpc) is 2.87. The minimum absolute atomic E-state index is 0.136. The van der Waals surface area contributed by atoms with Gasteiger partial charge in [0.2, 0.25) is 0 Å². The molecule has 100 valence electrons. The Morgan fingerprint density at radius 3 is 2.84 bits per heavy atom. The molecule has 19 heavy (non-hydrogen) atoms. The van der Waals surface area contributed by atoms with Crippen molar-refractivity contribution in [2.24, 2.45) is 5.73 Å². The van der Waals surface area contributed by atoms with E-state index >= 15 is 0 Å². The summed E-state index contributed by atoms with van der Waals surface area (Å²) in [4.78, 5) is 16.2. The zero-order valence-electron chi connectivity index (χ0n) is 11.0. The number of thiazole rings is 1. The number of hydrogen-bond donors (Lipinski definition) is 2. The Balaban J connectivity index is 1.99.